The number of nitrogens with zero attached hydrogens (tertiary/aromatic N) is 4. The van der Waals surface area contributed by atoms with Crippen molar-refractivity contribution in [2.24, 2.45) is 0 Å². The normalized spacial score (nSPS) is 10.2. The number of carbonyl (C=O) groups is 1. The molecule has 0 radical (unpaired) electrons. The third-order valence-corrected chi connectivity index (χ3v) is 2.07. The van der Waals surface area contributed by atoms with Crippen molar-refractivity contribution >= 4 is 5.97 Å². The van der Waals surface area contributed by atoms with E-state index in [4.69, 9.17) is 4.74 Å². The molecule has 0 bridgehead atoms. The minimum absolute atomic E-state index is 0.353. The van der Waals surface area contributed by atoms with Crippen LogP contribution in [0.5, 0.6) is 0 Å². The lowest BCUT2D eigenvalue weighted by molar-refractivity contribution is 0.0526. The lowest BCUT2D eigenvalue weighted by atomic mass is 10.4. The number of hydrogen-bond donors (Lipinski definition) is 0. The molecule has 0 aromatic carbocycles. The molecule has 0 unspecified atom stereocenters. The maximum absolute atomic E-state index is 11.4. The van der Waals surface area contributed by atoms with Gasteiger partial charge >= 0.3 is 5.97 Å². The Bertz CT molecular complexity index is 495. The molecule has 0 N–H and O–H groups in total. The summed E-state index contributed by atoms with van der Waals surface area (Å²) in [7, 11) is 0. The summed E-state index contributed by atoms with van der Waals surface area (Å²) in [5.41, 5.74) is 0.433. The van der Waals surface area contributed by atoms with E-state index >= 15 is 0 Å². The maximum Gasteiger partial charge on any atom is 0.341 e. The zero-order valence-electron chi connectivity index (χ0n) is 9.41. The van der Waals surface area contributed by atoms with Crippen molar-refractivity contribution in [1.82, 2.24) is 19.7 Å². The Morgan fingerprint density at radius 1 is 1.41 bits per heavy atom. The number of ether oxygens (including phenoxy) is 1. The number of esters is 1. The summed E-state index contributed by atoms with van der Waals surface area (Å²) in [6, 6.07) is 1.75. The largest absolute Gasteiger partial charge is 0.462 e. The minimum Gasteiger partial charge on any atom is -0.462 e. The average Bonchev–Trinajstić information content (AvgIpc) is 2.79. The molecular weight excluding hydrogens is 220 g/mol. The zero-order chi connectivity index (χ0) is 12.1. The Labute approximate surface area is 98.3 Å². The van der Waals surface area contributed by atoms with Gasteiger partial charge in [0.25, 0.3) is 0 Å². The quantitative estimate of drug-likeness (QED) is 0.732. The highest BCUT2D eigenvalue weighted by molar-refractivity contribution is 5.88. The smallest absolute Gasteiger partial charge is 0.341 e. The predicted octanol–water partition coefficient (Wildman–Crippen LogP) is 0.898. The van der Waals surface area contributed by atoms with Gasteiger partial charge in [0.15, 0.2) is 0 Å². The summed E-state index contributed by atoms with van der Waals surface area (Å²) in [5.74, 6) is 0.277. The molecule has 0 aliphatic carbocycles. The SMILES string of the molecule is CCOC(=O)c1cnn(Cc2ncccn2)c1. The van der Waals surface area contributed by atoms with Gasteiger partial charge in [-0.2, -0.15) is 5.10 Å². The Kier molecular flexibility index (Phi) is 3.44. The fraction of sp³-hybridized carbons (Fsp3) is 0.273. The molecule has 2 heterocycles. The van der Waals surface area contributed by atoms with E-state index in [2.05, 4.69) is 15.1 Å². The first kappa shape index (κ1) is 11.3. The van der Waals surface area contributed by atoms with Crippen molar-refractivity contribution < 1.29 is 9.53 Å². The van der Waals surface area contributed by atoms with E-state index in [0.29, 0.717) is 24.5 Å². The minimum atomic E-state index is -0.368. The van der Waals surface area contributed by atoms with E-state index in [1.165, 1.54) is 6.20 Å². The molecule has 6 nitrogen and oxygen atoms in total. The van der Waals surface area contributed by atoms with Gasteiger partial charge in [0.2, 0.25) is 0 Å². The Morgan fingerprint density at radius 3 is 2.88 bits per heavy atom. The summed E-state index contributed by atoms with van der Waals surface area (Å²) in [6.45, 7) is 2.55. The third kappa shape index (κ3) is 2.87. The van der Waals surface area contributed by atoms with Crippen molar-refractivity contribution in [3.8, 4) is 0 Å². The monoisotopic (exact) mass is 232 g/mol. The van der Waals surface area contributed by atoms with Crippen LogP contribution < -0.4 is 0 Å². The molecule has 2 aromatic rings. The van der Waals surface area contributed by atoms with Crippen LogP contribution in [0.15, 0.2) is 30.9 Å². The number of hydrogen-bond acceptors (Lipinski definition) is 5. The molecule has 6 heteroatoms. The van der Waals surface area contributed by atoms with Gasteiger partial charge in [0, 0.05) is 18.6 Å². The molecule has 88 valence electrons. The molecule has 0 spiro atoms. The molecule has 0 saturated heterocycles. The van der Waals surface area contributed by atoms with Gasteiger partial charge in [0.1, 0.15) is 12.4 Å². The molecule has 0 aliphatic rings. The van der Waals surface area contributed by atoms with Crippen molar-refractivity contribution in [1.29, 1.82) is 0 Å². The lowest BCUT2D eigenvalue weighted by Gasteiger charge is -1.99. The van der Waals surface area contributed by atoms with Crippen LogP contribution in [0, 0.1) is 0 Å². The molecule has 0 atom stereocenters. The van der Waals surface area contributed by atoms with Gasteiger partial charge < -0.3 is 4.74 Å². The molecule has 0 fully saturated rings. The molecule has 2 aromatic heterocycles. The first-order valence-corrected chi connectivity index (χ1v) is 5.25. The summed E-state index contributed by atoms with van der Waals surface area (Å²) >= 11 is 0. The van der Waals surface area contributed by atoms with Crippen molar-refractivity contribution in [3.05, 3.63) is 42.2 Å². The molecular formula is C11H12N4O2. The number of aromatic nitrogens is 4. The van der Waals surface area contributed by atoms with Gasteiger partial charge in [-0.25, -0.2) is 14.8 Å². The Hall–Kier alpha value is -2.24. The van der Waals surface area contributed by atoms with Gasteiger partial charge in [0.05, 0.1) is 18.4 Å². The fourth-order valence-electron chi connectivity index (χ4n) is 1.33. The van der Waals surface area contributed by atoms with Crippen molar-refractivity contribution in [2.45, 2.75) is 13.5 Å². The van der Waals surface area contributed by atoms with Gasteiger partial charge in [-0.3, -0.25) is 4.68 Å². The molecule has 0 amide bonds. The maximum atomic E-state index is 11.4. The van der Waals surface area contributed by atoms with Crippen LogP contribution in [-0.2, 0) is 11.3 Å². The van der Waals surface area contributed by atoms with E-state index in [9.17, 15) is 4.79 Å². The van der Waals surface area contributed by atoms with Crippen molar-refractivity contribution in [3.63, 3.8) is 0 Å². The van der Waals surface area contributed by atoms with E-state index in [1.54, 1.807) is 36.3 Å². The van der Waals surface area contributed by atoms with E-state index in [1.807, 2.05) is 0 Å². The van der Waals surface area contributed by atoms with E-state index in [-0.39, 0.29) is 5.97 Å². The second-order valence-electron chi connectivity index (χ2n) is 3.31. The Morgan fingerprint density at radius 2 is 2.18 bits per heavy atom. The summed E-state index contributed by atoms with van der Waals surface area (Å²) in [5, 5.41) is 4.05. The Balaban J connectivity index is 2.06. The second-order valence-corrected chi connectivity index (χ2v) is 3.31. The van der Waals surface area contributed by atoms with E-state index in [0.717, 1.165) is 0 Å². The molecule has 0 saturated carbocycles. The van der Waals surface area contributed by atoms with Crippen LogP contribution in [0.1, 0.15) is 23.1 Å². The number of rotatable bonds is 4. The highest BCUT2D eigenvalue weighted by atomic mass is 16.5. The summed E-state index contributed by atoms with van der Waals surface area (Å²) in [4.78, 5) is 19.6. The molecule has 2 rings (SSSR count). The topological polar surface area (TPSA) is 69.9 Å². The average molecular weight is 232 g/mol. The van der Waals surface area contributed by atoms with Crippen LogP contribution in [0.25, 0.3) is 0 Å². The fourth-order valence-corrected chi connectivity index (χ4v) is 1.33. The van der Waals surface area contributed by atoms with E-state index < -0.39 is 0 Å². The predicted molar refractivity (Wildman–Crippen MR) is 59.3 cm³/mol. The zero-order valence-corrected chi connectivity index (χ0v) is 9.41. The summed E-state index contributed by atoms with van der Waals surface area (Å²) < 4.78 is 6.47. The van der Waals surface area contributed by atoms with Gasteiger partial charge in [-0.1, -0.05) is 0 Å². The molecule has 17 heavy (non-hydrogen) atoms. The lowest BCUT2D eigenvalue weighted by Crippen LogP contribution is -2.05. The number of carbonyl (C=O) groups excluding carboxylic acids is 1. The van der Waals surface area contributed by atoms with Crippen LogP contribution in [-0.4, -0.2) is 32.3 Å². The standard InChI is InChI=1S/C11H12N4O2/c1-2-17-11(16)9-6-14-15(7-9)8-10-12-4-3-5-13-10/h3-7H,2,8H2,1H3. The van der Waals surface area contributed by atoms with Crippen LogP contribution in [0.2, 0.25) is 0 Å². The van der Waals surface area contributed by atoms with Gasteiger partial charge in [-0.05, 0) is 13.0 Å². The third-order valence-electron chi connectivity index (χ3n) is 2.07. The second kappa shape index (κ2) is 5.20. The van der Waals surface area contributed by atoms with Crippen molar-refractivity contribution in [2.75, 3.05) is 6.61 Å². The van der Waals surface area contributed by atoms with Gasteiger partial charge in [-0.15, -0.1) is 0 Å². The highest BCUT2D eigenvalue weighted by Crippen LogP contribution is 2.02. The van der Waals surface area contributed by atoms with Crippen LogP contribution in [0.4, 0.5) is 0 Å². The summed E-state index contributed by atoms with van der Waals surface area (Å²) in [6.07, 6.45) is 6.42. The first-order valence-electron chi connectivity index (χ1n) is 5.25. The van der Waals surface area contributed by atoms with Crippen LogP contribution >= 0.6 is 0 Å². The highest BCUT2D eigenvalue weighted by Gasteiger charge is 2.09. The first-order chi connectivity index (χ1) is 8.29. The van der Waals surface area contributed by atoms with Crippen LogP contribution in [0.3, 0.4) is 0 Å². The molecule has 0 aliphatic heterocycles.